The van der Waals surface area contributed by atoms with Gasteiger partial charge in [0.25, 0.3) is 0 Å². The Kier molecular flexibility index (Phi) is 16.1. The van der Waals surface area contributed by atoms with Crippen LogP contribution in [0.25, 0.3) is 187 Å². The van der Waals surface area contributed by atoms with Crippen LogP contribution in [-0.2, 0) is 34.6 Å². The maximum Gasteiger partial charge on any atom is 0.216 e. The van der Waals surface area contributed by atoms with Crippen LogP contribution in [0.3, 0.4) is 0 Å². The van der Waals surface area contributed by atoms with Gasteiger partial charge >= 0.3 is 0 Å². The molecule has 0 saturated heterocycles. The Morgan fingerprint density at radius 2 is 0.685 bits per heavy atom. The lowest BCUT2D eigenvalue weighted by molar-refractivity contribution is -0.660. The fraction of sp³-hybridized carbons (Fsp3) is 0.126. The van der Waals surface area contributed by atoms with Crippen LogP contribution in [0.15, 0.2) is 309 Å². The number of rotatable bonds is 6. The molecule has 0 atom stereocenters. The molecule has 0 bridgehead atoms. The number of nitrogens with zero attached hydrogens (tertiary/aromatic N) is 4. The predicted molar refractivity (Wildman–Crippen MR) is 459 cm³/mol. The van der Waals surface area contributed by atoms with Crippen molar-refractivity contribution in [3.05, 3.63) is 336 Å². The lowest BCUT2D eigenvalue weighted by Crippen LogP contribution is -2.31. The minimum absolute atomic E-state index is 0.332. The van der Waals surface area contributed by atoms with E-state index in [1.165, 1.54) is 98.5 Å². The second kappa shape index (κ2) is 28.0. The molecule has 8 heteroatoms. The maximum absolute atomic E-state index is 8.20. The predicted octanol–water partition coefficient (Wildman–Crippen LogP) is 25.3. The third-order valence-corrected chi connectivity index (χ3v) is 22.3. The highest BCUT2D eigenvalue weighted by molar-refractivity contribution is 6.16. The topological polar surface area (TPSA) is 68.1 Å². The van der Waals surface area contributed by atoms with E-state index < -0.39 is 13.2 Å². The van der Waals surface area contributed by atoms with Gasteiger partial charge in [-0.2, -0.15) is 0 Å². The van der Waals surface area contributed by atoms with Crippen LogP contribution in [0.2, 0.25) is 0 Å². The van der Waals surface area contributed by atoms with Crippen molar-refractivity contribution in [1.82, 2.24) is 0 Å². The van der Waals surface area contributed by atoms with E-state index in [0.29, 0.717) is 16.7 Å². The number of aryl methyl sites for hydroxylation is 12. The molecule has 0 amide bonds. The molecule has 8 aromatic heterocycles. The van der Waals surface area contributed by atoms with Gasteiger partial charge in [0.05, 0.1) is 22.3 Å². The van der Waals surface area contributed by atoms with Crippen molar-refractivity contribution in [1.29, 1.82) is 0 Å². The number of aromatic nitrogens is 4. The quantitative estimate of drug-likeness (QED) is 0.156. The second-order valence-electron chi connectivity index (χ2n) is 29.8. The average molecular weight is 1450 g/mol. The van der Waals surface area contributed by atoms with E-state index in [0.717, 1.165) is 116 Å². The first-order chi connectivity index (χ1) is 55.8. The van der Waals surface area contributed by atoms with Crippen molar-refractivity contribution in [3.8, 4) is 56.2 Å². The molecule has 0 aliphatic carbocycles. The van der Waals surface area contributed by atoms with Gasteiger partial charge in [-0.05, 0) is 233 Å². The third-order valence-electron chi connectivity index (χ3n) is 22.3. The Morgan fingerprint density at radius 1 is 0.288 bits per heavy atom. The minimum Gasteiger partial charge on any atom is -0.456 e. The van der Waals surface area contributed by atoms with Crippen LogP contribution in [0.1, 0.15) is 58.3 Å². The molecule has 0 unspecified atom stereocenters. The Balaban J connectivity index is 0.000000108. The summed E-state index contributed by atoms with van der Waals surface area (Å²) in [7, 11) is 8.05. The Hall–Kier alpha value is -13.3. The monoisotopic (exact) mass is 1450 g/mol. The highest BCUT2D eigenvalue weighted by atomic mass is 16.3. The molecule has 0 radical (unpaired) electrons. The zero-order valence-electron chi connectivity index (χ0n) is 69.1. The van der Waals surface area contributed by atoms with Crippen LogP contribution in [0.4, 0.5) is 0 Å². The summed E-state index contributed by atoms with van der Waals surface area (Å²) in [6, 6.07) is 92.6. The molecule has 0 N–H and O–H groups in total. The number of furan rings is 4. The van der Waals surface area contributed by atoms with Gasteiger partial charge < -0.3 is 17.7 Å². The molecule has 21 rings (SSSR count). The van der Waals surface area contributed by atoms with Crippen molar-refractivity contribution in [2.24, 2.45) is 28.2 Å². The van der Waals surface area contributed by atoms with E-state index in [9.17, 15) is 0 Å². The normalized spacial score (nSPS) is 12.5. The molecule has 21 aromatic rings. The standard InChI is InChI=1S/C31H26NO.C25H22NO.C24H20NO.C23H18NO/c1-19-9-12-22(13-10-19)26-17-28(32(4)18-21(26)3)30-20(2)11-14-25-27-15-23-7-5-6-8-24(23)16-29(27)33-31(25)30;1-4-17-9-10-26(3)23(12-17)20-15-25-21(11-16(20)2)22-13-18-7-5-6-8-19(18)14-24(22)27-25;1-15-8-9-25(3)22(10-15)19-14-24-20(11-16(19)2)21-12-17-6-4-5-7-18(17)13-23(21)26-24;1-15-11-19-20-12-16-7-3-4-8-17(16)13-22(20)25-23(19)14-18(15)21-9-5-6-10-24(21)2/h5-18H,1-4H3;5-15H,4H2,1-3H3;4-14H,1-3H3;3-14H,1-2H3/q4*+1/i3D3;4D2;;. The Morgan fingerprint density at radius 3 is 1.14 bits per heavy atom. The molecule has 538 valence electrons. The summed E-state index contributed by atoms with van der Waals surface area (Å²) in [6.07, 6.45) is 6.46. The van der Waals surface area contributed by atoms with E-state index in [4.69, 9.17) is 24.5 Å². The van der Waals surface area contributed by atoms with Crippen LogP contribution < -0.4 is 18.3 Å². The summed E-state index contributed by atoms with van der Waals surface area (Å²) in [5.41, 5.74) is 25.6. The number of pyridine rings is 4. The molecule has 0 fully saturated rings. The van der Waals surface area contributed by atoms with Crippen molar-refractivity contribution >= 4 is 131 Å². The molecule has 13 aromatic carbocycles. The summed E-state index contributed by atoms with van der Waals surface area (Å²) in [5, 5.41) is 18.7. The maximum atomic E-state index is 8.20. The van der Waals surface area contributed by atoms with Crippen molar-refractivity contribution in [3.63, 3.8) is 0 Å². The minimum atomic E-state index is -2.24. The summed E-state index contributed by atoms with van der Waals surface area (Å²) in [4.78, 5) is 0. The van der Waals surface area contributed by atoms with E-state index >= 15 is 0 Å². The van der Waals surface area contributed by atoms with Gasteiger partial charge in [-0.15, -0.1) is 0 Å². The van der Waals surface area contributed by atoms with Crippen LogP contribution in [0.5, 0.6) is 0 Å². The van der Waals surface area contributed by atoms with E-state index in [1.54, 1.807) is 13.1 Å². The average Bonchev–Trinajstić information content (AvgIpc) is 1.54. The summed E-state index contributed by atoms with van der Waals surface area (Å²) >= 11 is 0. The van der Waals surface area contributed by atoms with Crippen LogP contribution in [0, 0.1) is 48.4 Å². The van der Waals surface area contributed by atoms with Crippen molar-refractivity contribution in [2.45, 2.75) is 61.7 Å². The number of benzene rings is 13. The Bertz CT molecular complexity index is 7560. The van der Waals surface area contributed by atoms with E-state index in [1.807, 2.05) is 103 Å². The smallest absolute Gasteiger partial charge is 0.216 e. The fourth-order valence-electron chi connectivity index (χ4n) is 16.2. The van der Waals surface area contributed by atoms with Gasteiger partial charge in [-0.3, -0.25) is 0 Å². The van der Waals surface area contributed by atoms with Gasteiger partial charge in [-0.25, -0.2) is 18.3 Å². The van der Waals surface area contributed by atoms with Gasteiger partial charge in [0.1, 0.15) is 72.9 Å². The highest BCUT2D eigenvalue weighted by Gasteiger charge is 2.25. The van der Waals surface area contributed by atoms with Crippen LogP contribution >= 0.6 is 0 Å². The summed E-state index contributed by atoms with van der Waals surface area (Å²) in [6.45, 7) is 12.0. The first-order valence-electron chi connectivity index (χ1n) is 40.3. The highest BCUT2D eigenvalue weighted by Crippen LogP contribution is 2.43. The Labute approximate surface area is 652 Å². The van der Waals surface area contributed by atoms with Gasteiger partial charge in [-0.1, -0.05) is 146 Å². The molecule has 0 saturated carbocycles. The lowest BCUT2D eigenvalue weighted by Gasteiger charge is -2.10. The van der Waals surface area contributed by atoms with E-state index in [-0.39, 0.29) is 0 Å². The number of hydrogen-bond acceptors (Lipinski definition) is 4. The first kappa shape index (κ1) is 63.8. The third kappa shape index (κ3) is 12.8. The largest absolute Gasteiger partial charge is 0.456 e. The second-order valence-corrected chi connectivity index (χ2v) is 29.8. The molecular weight excluding hydrogens is 1360 g/mol. The molecule has 8 heterocycles. The number of hydrogen-bond donors (Lipinski definition) is 0. The van der Waals surface area contributed by atoms with Gasteiger partial charge in [0.2, 0.25) is 22.8 Å². The number of fused-ring (bicyclic) bond motifs is 16. The van der Waals surface area contributed by atoms with Gasteiger partial charge in [0.15, 0.2) is 24.8 Å². The SMILES string of the molecule is Cc1cc2c(cc1-c1cccc[n+]1C)oc1cc3ccccc3cc12.Cc1cc[n+](C)c(-c2cc3oc4cc5ccccc5cc4c3cc2C)c1.[2H]C([2H])(C)c1cc[n+](C)c(-c2cc3oc4cc5ccccc5cc4c3cc2C)c1.[2H]C([2H])([2H])c1c[n+](C)c(-c2c(C)ccc3c2oc2cc4ccccc4cc23)cc1-c1ccc(C)cc1. The molecule has 111 heavy (non-hydrogen) atoms. The van der Waals surface area contributed by atoms with Gasteiger partial charge in [0, 0.05) is 98.0 Å². The van der Waals surface area contributed by atoms with E-state index in [2.05, 4.69) is 270 Å². The zero-order chi connectivity index (χ0) is 80.3. The molecular formula is C103H86N4O4+4. The first-order valence-corrected chi connectivity index (χ1v) is 37.8. The van der Waals surface area contributed by atoms with Crippen molar-refractivity contribution in [2.75, 3.05) is 0 Å². The molecule has 8 nitrogen and oxygen atoms in total. The lowest BCUT2D eigenvalue weighted by atomic mass is 9.95. The fourth-order valence-corrected chi connectivity index (χ4v) is 16.2. The van der Waals surface area contributed by atoms with Crippen LogP contribution in [-0.4, -0.2) is 0 Å². The molecule has 0 aliphatic heterocycles. The van der Waals surface area contributed by atoms with Crippen molar-refractivity contribution < 1.29 is 42.8 Å². The summed E-state index contributed by atoms with van der Waals surface area (Å²) < 4.78 is 74.2. The molecule has 0 aliphatic rings. The summed E-state index contributed by atoms with van der Waals surface area (Å²) in [5.74, 6) is 0. The molecule has 0 spiro atoms. The zero-order valence-corrected chi connectivity index (χ0v) is 64.1.